The molecule has 0 aromatic heterocycles. The first kappa shape index (κ1) is 15.6. The molecule has 1 unspecified atom stereocenters. The monoisotopic (exact) mass is 265 g/mol. The first-order valence-electron chi connectivity index (χ1n) is 6.49. The summed E-state index contributed by atoms with van der Waals surface area (Å²) in [6.07, 6.45) is 0. The molecule has 0 aromatic rings. The molecule has 1 aliphatic carbocycles. The number of oxime groups is 1. The van der Waals surface area contributed by atoms with Gasteiger partial charge in [-0.15, -0.1) is 0 Å². The van der Waals surface area contributed by atoms with Crippen molar-refractivity contribution in [3.63, 3.8) is 0 Å². The Morgan fingerprint density at radius 1 is 1.21 bits per heavy atom. The van der Waals surface area contributed by atoms with Crippen molar-refractivity contribution >= 4 is 17.3 Å². The van der Waals surface area contributed by atoms with E-state index in [1.54, 1.807) is 27.7 Å². The number of rotatable bonds is 2. The van der Waals surface area contributed by atoms with Gasteiger partial charge in [0, 0.05) is 5.41 Å². The van der Waals surface area contributed by atoms with Gasteiger partial charge in [-0.25, -0.2) is 0 Å². The summed E-state index contributed by atoms with van der Waals surface area (Å²) >= 11 is 0. The number of ketones is 2. The molecule has 0 heterocycles. The van der Waals surface area contributed by atoms with Crippen molar-refractivity contribution in [1.82, 2.24) is 0 Å². The van der Waals surface area contributed by atoms with Crippen LogP contribution in [-0.2, 0) is 9.59 Å². The van der Waals surface area contributed by atoms with Gasteiger partial charge in [0.05, 0.1) is 17.0 Å². The highest BCUT2D eigenvalue weighted by atomic mass is 16.4. The predicted octanol–water partition coefficient (Wildman–Crippen LogP) is 2.85. The summed E-state index contributed by atoms with van der Waals surface area (Å²) in [5.41, 5.74) is -0.987. The van der Waals surface area contributed by atoms with Crippen molar-refractivity contribution in [2.75, 3.05) is 0 Å². The van der Waals surface area contributed by atoms with E-state index in [9.17, 15) is 14.8 Å². The van der Waals surface area contributed by atoms with Gasteiger partial charge < -0.3 is 5.21 Å². The summed E-state index contributed by atoms with van der Waals surface area (Å²) in [5, 5.41) is 12.5. The van der Waals surface area contributed by atoms with Crippen molar-refractivity contribution in [2.45, 2.75) is 41.5 Å². The quantitative estimate of drug-likeness (QED) is 0.274. The maximum Gasteiger partial charge on any atom is 0.158 e. The molecule has 1 N–H and O–H groups in total. The van der Waals surface area contributed by atoms with E-state index < -0.39 is 16.7 Å². The molecule has 106 valence electrons. The molecule has 0 saturated heterocycles. The third-order valence-corrected chi connectivity index (χ3v) is 4.17. The maximum atomic E-state index is 12.6. The first-order valence-corrected chi connectivity index (χ1v) is 6.49. The SMILES string of the molecule is C=C1C(/C(=N/O)C(C)C)C(=O)C(C)(C)C(=O)C1(C)C. The molecule has 0 spiro atoms. The van der Waals surface area contributed by atoms with E-state index in [-0.39, 0.29) is 17.5 Å². The molecule has 19 heavy (non-hydrogen) atoms. The zero-order valence-electron chi connectivity index (χ0n) is 12.6. The highest BCUT2D eigenvalue weighted by Crippen LogP contribution is 2.47. The van der Waals surface area contributed by atoms with Gasteiger partial charge in [0.25, 0.3) is 0 Å². The van der Waals surface area contributed by atoms with Crippen LogP contribution in [0.2, 0.25) is 0 Å². The van der Waals surface area contributed by atoms with E-state index in [2.05, 4.69) is 11.7 Å². The normalized spacial score (nSPS) is 27.0. The van der Waals surface area contributed by atoms with Gasteiger partial charge in [-0.2, -0.15) is 0 Å². The molecule has 1 saturated carbocycles. The Bertz CT molecular complexity index is 440. The molecule has 4 heteroatoms. The van der Waals surface area contributed by atoms with Gasteiger partial charge in [0.1, 0.15) is 0 Å². The van der Waals surface area contributed by atoms with Crippen molar-refractivity contribution in [1.29, 1.82) is 0 Å². The topological polar surface area (TPSA) is 66.7 Å². The van der Waals surface area contributed by atoms with Gasteiger partial charge in [-0.3, -0.25) is 9.59 Å². The average molecular weight is 265 g/mol. The Hall–Kier alpha value is -1.45. The fourth-order valence-corrected chi connectivity index (χ4v) is 2.74. The molecular formula is C15H23NO3. The summed E-state index contributed by atoms with van der Waals surface area (Å²) in [7, 11) is 0. The number of carbonyl (C=O) groups is 2. The number of nitrogens with zero attached hydrogens (tertiary/aromatic N) is 1. The predicted molar refractivity (Wildman–Crippen MR) is 74.3 cm³/mol. The smallest absolute Gasteiger partial charge is 0.158 e. The molecule has 1 rings (SSSR count). The van der Waals surface area contributed by atoms with Crippen LogP contribution >= 0.6 is 0 Å². The number of carbonyl (C=O) groups excluding carboxylic acids is 2. The lowest BCUT2D eigenvalue weighted by molar-refractivity contribution is -0.147. The lowest BCUT2D eigenvalue weighted by atomic mass is 9.56. The summed E-state index contributed by atoms with van der Waals surface area (Å²) in [6, 6.07) is 0. The third-order valence-electron chi connectivity index (χ3n) is 4.17. The molecule has 1 fully saturated rings. The lowest BCUT2D eigenvalue weighted by Crippen LogP contribution is -2.55. The van der Waals surface area contributed by atoms with Crippen molar-refractivity contribution in [2.24, 2.45) is 27.8 Å². The van der Waals surface area contributed by atoms with Crippen LogP contribution in [0.3, 0.4) is 0 Å². The van der Waals surface area contributed by atoms with E-state index in [1.807, 2.05) is 13.8 Å². The van der Waals surface area contributed by atoms with Crippen molar-refractivity contribution < 1.29 is 14.8 Å². The van der Waals surface area contributed by atoms with E-state index >= 15 is 0 Å². The highest BCUT2D eigenvalue weighted by molar-refractivity contribution is 6.22. The molecule has 0 aromatic carbocycles. The second kappa shape index (κ2) is 4.58. The van der Waals surface area contributed by atoms with Crippen LogP contribution in [0.5, 0.6) is 0 Å². The minimum atomic E-state index is -1.08. The Morgan fingerprint density at radius 3 is 2.05 bits per heavy atom. The van der Waals surface area contributed by atoms with Gasteiger partial charge in [-0.1, -0.05) is 25.6 Å². The first-order chi connectivity index (χ1) is 8.49. The largest absolute Gasteiger partial charge is 0.411 e. The van der Waals surface area contributed by atoms with Gasteiger partial charge >= 0.3 is 0 Å². The molecule has 1 atom stereocenters. The zero-order valence-corrected chi connectivity index (χ0v) is 12.6. The number of Topliss-reactive ketones (excluding diaryl/α,β-unsaturated/α-hetero) is 2. The average Bonchev–Trinajstić information content (AvgIpc) is 2.31. The zero-order chi connectivity index (χ0) is 15.2. The second-order valence-electron chi connectivity index (χ2n) is 6.58. The standard InChI is InChI=1S/C15H23NO3/c1-8(2)11(16-19)10-9(3)14(4,5)13(18)15(6,7)12(10)17/h8,10,19H,3H2,1-2,4-7H3/b16-11+. The van der Waals surface area contributed by atoms with Gasteiger partial charge in [-0.05, 0) is 39.2 Å². The van der Waals surface area contributed by atoms with Crippen LogP contribution in [0.1, 0.15) is 41.5 Å². The Morgan fingerprint density at radius 2 is 1.68 bits per heavy atom. The molecule has 0 amide bonds. The number of allylic oxidation sites excluding steroid dienone is 1. The molecule has 1 aliphatic rings. The van der Waals surface area contributed by atoms with E-state index in [4.69, 9.17) is 0 Å². The van der Waals surface area contributed by atoms with Crippen molar-refractivity contribution in [3.8, 4) is 0 Å². The minimum absolute atomic E-state index is 0.0875. The van der Waals surface area contributed by atoms with Crippen LogP contribution in [0.4, 0.5) is 0 Å². The van der Waals surface area contributed by atoms with Gasteiger partial charge in [0.15, 0.2) is 11.6 Å². The van der Waals surface area contributed by atoms with E-state index in [1.165, 1.54) is 0 Å². The Labute approximate surface area is 114 Å². The van der Waals surface area contributed by atoms with Crippen LogP contribution in [0, 0.1) is 22.7 Å². The van der Waals surface area contributed by atoms with Crippen molar-refractivity contribution in [3.05, 3.63) is 12.2 Å². The van der Waals surface area contributed by atoms with Crippen LogP contribution in [0.15, 0.2) is 17.3 Å². The summed E-state index contributed by atoms with van der Waals surface area (Å²) in [4.78, 5) is 25.0. The molecule has 0 aliphatic heterocycles. The fourth-order valence-electron chi connectivity index (χ4n) is 2.74. The Kier molecular flexibility index (Phi) is 3.76. The molecule has 0 radical (unpaired) electrons. The highest BCUT2D eigenvalue weighted by Gasteiger charge is 2.56. The van der Waals surface area contributed by atoms with Crippen LogP contribution in [-0.4, -0.2) is 22.5 Å². The Balaban J connectivity index is 3.45. The van der Waals surface area contributed by atoms with E-state index in [0.29, 0.717) is 11.3 Å². The molecule has 4 nitrogen and oxygen atoms in total. The minimum Gasteiger partial charge on any atom is -0.411 e. The third kappa shape index (κ3) is 2.13. The van der Waals surface area contributed by atoms with Crippen LogP contribution < -0.4 is 0 Å². The van der Waals surface area contributed by atoms with E-state index in [0.717, 1.165) is 0 Å². The molecular weight excluding hydrogens is 242 g/mol. The fraction of sp³-hybridized carbons (Fsp3) is 0.667. The number of hydrogen-bond donors (Lipinski definition) is 1. The maximum absolute atomic E-state index is 12.6. The lowest BCUT2D eigenvalue weighted by Gasteiger charge is -2.44. The summed E-state index contributed by atoms with van der Waals surface area (Å²) in [5.74, 6) is -1.14. The van der Waals surface area contributed by atoms with Gasteiger partial charge in [0.2, 0.25) is 0 Å². The summed E-state index contributed by atoms with van der Waals surface area (Å²) < 4.78 is 0. The second-order valence-corrected chi connectivity index (χ2v) is 6.58. The van der Waals surface area contributed by atoms with Crippen LogP contribution in [0.25, 0.3) is 0 Å². The molecule has 0 bridgehead atoms. The number of hydrogen-bond acceptors (Lipinski definition) is 4. The summed E-state index contributed by atoms with van der Waals surface area (Å²) in [6.45, 7) is 14.4.